The van der Waals surface area contributed by atoms with Gasteiger partial charge in [-0.3, -0.25) is 0 Å². The molecule has 2 aliphatic carbocycles. The van der Waals surface area contributed by atoms with Gasteiger partial charge in [0.2, 0.25) is 0 Å². The first-order valence-corrected chi connectivity index (χ1v) is 18.5. The van der Waals surface area contributed by atoms with Gasteiger partial charge in [-0.15, -0.1) is 0 Å². The van der Waals surface area contributed by atoms with Gasteiger partial charge < -0.3 is 9.47 Å². The maximum absolute atomic E-state index is 12.8. The molecule has 0 amide bonds. The summed E-state index contributed by atoms with van der Waals surface area (Å²) in [6, 6.07) is 15.9. The van der Waals surface area contributed by atoms with E-state index in [2.05, 4.69) is 38.1 Å². The summed E-state index contributed by atoms with van der Waals surface area (Å²) in [7, 11) is 0. The Morgan fingerprint density at radius 1 is 0.600 bits per heavy atom. The van der Waals surface area contributed by atoms with Crippen LogP contribution < -0.4 is 0 Å². The highest BCUT2D eigenvalue weighted by molar-refractivity contribution is 5.90. The highest BCUT2D eigenvalue weighted by Gasteiger charge is 2.24. The van der Waals surface area contributed by atoms with E-state index in [-0.39, 0.29) is 18.5 Å². The summed E-state index contributed by atoms with van der Waals surface area (Å²) in [5.41, 5.74) is 3.75. The Bertz CT molecular complexity index is 1120. The van der Waals surface area contributed by atoms with Gasteiger partial charge in [0.25, 0.3) is 0 Å². The van der Waals surface area contributed by atoms with Gasteiger partial charge in [-0.25, -0.2) is 9.59 Å². The monoisotopic (exact) mass is 616 g/mol. The molecule has 0 radical (unpaired) electrons. The number of rotatable bonds is 17. The van der Waals surface area contributed by atoms with E-state index in [9.17, 15) is 9.59 Å². The average molecular weight is 617 g/mol. The summed E-state index contributed by atoms with van der Waals surface area (Å²) >= 11 is 0. The molecular weight excluding hydrogens is 556 g/mol. The largest absolute Gasteiger partial charge is 0.458 e. The van der Waals surface area contributed by atoms with Crippen LogP contribution in [0.4, 0.5) is 0 Å². The molecule has 248 valence electrons. The molecule has 2 aliphatic rings. The van der Waals surface area contributed by atoms with Gasteiger partial charge in [0, 0.05) is 0 Å². The summed E-state index contributed by atoms with van der Waals surface area (Å²) in [5, 5.41) is 0. The topological polar surface area (TPSA) is 52.6 Å². The van der Waals surface area contributed by atoms with Crippen LogP contribution in [0, 0.1) is 11.8 Å². The van der Waals surface area contributed by atoms with Crippen LogP contribution in [0.25, 0.3) is 0 Å². The number of carbonyl (C=O) groups excluding carboxylic acids is 2. The van der Waals surface area contributed by atoms with Crippen molar-refractivity contribution >= 4 is 11.9 Å². The SMILES string of the molecule is CCCCCCC1CCC(c2ccc(C(=O)OCC(C)OC(=O)c3ccc(C4CCC(CCCCCC)CC4)cc3)cc2)CC1. The second-order valence-electron chi connectivity index (χ2n) is 14.2. The normalized spacial score (nSPS) is 22.5. The van der Waals surface area contributed by atoms with Crippen molar-refractivity contribution in [2.75, 3.05) is 6.61 Å². The Morgan fingerprint density at radius 2 is 1.02 bits per heavy atom. The molecule has 4 nitrogen and oxygen atoms in total. The molecule has 4 heteroatoms. The van der Waals surface area contributed by atoms with Crippen LogP contribution in [0.5, 0.6) is 0 Å². The number of benzene rings is 2. The van der Waals surface area contributed by atoms with Crippen molar-refractivity contribution in [2.45, 2.75) is 154 Å². The van der Waals surface area contributed by atoms with Crippen molar-refractivity contribution in [3.8, 4) is 0 Å². The summed E-state index contributed by atoms with van der Waals surface area (Å²) in [4.78, 5) is 25.5. The molecule has 0 bridgehead atoms. The fourth-order valence-corrected chi connectivity index (χ4v) is 7.63. The molecular formula is C41H60O4. The first-order valence-electron chi connectivity index (χ1n) is 18.5. The zero-order chi connectivity index (χ0) is 31.9. The molecule has 0 spiro atoms. The average Bonchev–Trinajstić information content (AvgIpc) is 3.08. The predicted molar refractivity (Wildman–Crippen MR) is 185 cm³/mol. The van der Waals surface area contributed by atoms with Crippen molar-refractivity contribution in [1.29, 1.82) is 0 Å². The number of ether oxygens (including phenoxy) is 2. The maximum atomic E-state index is 12.8. The van der Waals surface area contributed by atoms with Crippen molar-refractivity contribution < 1.29 is 19.1 Å². The summed E-state index contributed by atoms with van der Waals surface area (Å²) in [5.74, 6) is 2.22. The Kier molecular flexibility index (Phi) is 15.0. The number of esters is 2. The molecule has 0 saturated heterocycles. The van der Waals surface area contributed by atoms with Crippen LogP contribution in [-0.2, 0) is 9.47 Å². The molecule has 2 saturated carbocycles. The van der Waals surface area contributed by atoms with Crippen molar-refractivity contribution in [2.24, 2.45) is 11.8 Å². The van der Waals surface area contributed by atoms with Gasteiger partial charge in [0.15, 0.2) is 0 Å². The minimum Gasteiger partial charge on any atom is -0.458 e. The van der Waals surface area contributed by atoms with Crippen LogP contribution in [-0.4, -0.2) is 24.6 Å². The lowest BCUT2D eigenvalue weighted by Crippen LogP contribution is -2.22. The van der Waals surface area contributed by atoms with Gasteiger partial charge in [-0.1, -0.05) is 102 Å². The maximum Gasteiger partial charge on any atom is 0.338 e. The van der Waals surface area contributed by atoms with Crippen molar-refractivity contribution in [3.05, 3.63) is 70.8 Å². The molecule has 1 atom stereocenters. The number of hydrogen-bond acceptors (Lipinski definition) is 4. The minimum atomic E-state index is -0.523. The fourth-order valence-electron chi connectivity index (χ4n) is 7.63. The highest BCUT2D eigenvalue weighted by Crippen LogP contribution is 2.39. The third-order valence-electron chi connectivity index (χ3n) is 10.6. The minimum absolute atomic E-state index is 0.0361. The molecule has 0 N–H and O–H groups in total. The second kappa shape index (κ2) is 19.1. The molecule has 0 heterocycles. The molecule has 0 aliphatic heterocycles. The standard InChI is InChI=1S/C41H60O4/c1-4-6-8-10-12-32-14-18-34(19-15-32)36-22-26-38(27-23-36)40(42)44-30-31(3)45-41(43)39-28-24-37(25-29-39)35-20-16-33(17-21-35)13-11-9-7-5-2/h22-29,31-35H,4-21,30H2,1-3H3. The van der Waals surface area contributed by atoms with Gasteiger partial charge in [0.05, 0.1) is 11.1 Å². The number of unbranched alkanes of at least 4 members (excludes halogenated alkanes) is 6. The summed E-state index contributed by atoms with van der Waals surface area (Å²) < 4.78 is 11.1. The summed E-state index contributed by atoms with van der Waals surface area (Å²) in [6.45, 7) is 6.35. The van der Waals surface area contributed by atoms with E-state index in [1.54, 1.807) is 6.92 Å². The van der Waals surface area contributed by atoms with Crippen LogP contribution in [0.2, 0.25) is 0 Å². The molecule has 1 unspecified atom stereocenters. The van der Waals surface area contributed by atoms with Crippen molar-refractivity contribution in [1.82, 2.24) is 0 Å². The number of hydrogen-bond donors (Lipinski definition) is 0. The highest BCUT2D eigenvalue weighted by atomic mass is 16.6. The Balaban J connectivity index is 1.13. The van der Waals surface area contributed by atoms with Gasteiger partial charge >= 0.3 is 11.9 Å². The van der Waals surface area contributed by atoms with E-state index in [1.165, 1.54) is 127 Å². The van der Waals surface area contributed by atoms with Crippen LogP contribution in [0.15, 0.2) is 48.5 Å². The lowest BCUT2D eigenvalue weighted by molar-refractivity contribution is 0.00447. The molecule has 2 aromatic carbocycles. The molecule has 2 aromatic rings. The van der Waals surface area contributed by atoms with E-state index in [1.807, 2.05) is 24.3 Å². The van der Waals surface area contributed by atoms with Gasteiger partial charge in [-0.2, -0.15) is 0 Å². The first-order chi connectivity index (χ1) is 22.0. The van der Waals surface area contributed by atoms with Gasteiger partial charge in [-0.05, 0) is 117 Å². The summed E-state index contributed by atoms with van der Waals surface area (Å²) in [6.07, 6.45) is 23.4. The third-order valence-corrected chi connectivity index (χ3v) is 10.6. The third kappa shape index (κ3) is 11.6. The lowest BCUT2D eigenvalue weighted by atomic mass is 9.77. The quantitative estimate of drug-likeness (QED) is 0.131. The fraction of sp³-hybridized carbons (Fsp3) is 0.659. The zero-order valence-electron chi connectivity index (χ0n) is 28.6. The number of carbonyl (C=O) groups is 2. The van der Waals surface area contributed by atoms with E-state index in [0.29, 0.717) is 23.0 Å². The van der Waals surface area contributed by atoms with Crippen molar-refractivity contribution in [3.63, 3.8) is 0 Å². The lowest BCUT2D eigenvalue weighted by Gasteiger charge is -2.29. The van der Waals surface area contributed by atoms with Gasteiger partial charge in [0.1, 0.15) is 12.7 Å². The zero-order valence-corrected chi connectivity index (χ0v) is 28.6. The molecule has 45 heavy (non-hydrogen) atoms. The molecule has 4 rings (SSSR count). The van der Waals surface area contributed by atoms with E-state index >= 15 is 0 Å². The van der Waals surface area contributed by atoms with E-state index in [4.69, 9.17) is 9.47 Å². The van der Waals surface area contributed by atoms with Crippen LogP contribution in [0.1, 0.15) is 180 Å². The Labute approximate surface area is 274 Å². The van der Waals surface area contributed by atoms with E-state index < -0.39 is 6.10 Å². The smallest absolute Gasteiger partial charge is 0.338 e. The van der Waals surface area contributed by atoms with Crippen LogP contribution in [0.3, 0.4) is 0 Å². The molecule has 0 aromatic heterocycles. The Morgan fingerprint density at radius 3 is 1.44 bits per heavy atom. The Hall–Kier alpha value is -2.62. The predicted octanol–water partition coefficient (Wildman–Crippen LogP) is 11.6. The molecule has 2 fully saturated rings. The first kappa shape index (κ1) is 35.2. The van der Waals surface area contributed by atoms with E-state index in [0.717, 1.165) is 11.8 Å². The van der Waals surface area contributed by atoms with Crippen LogP contribution >= 0.6 is 0 Å². The second-order valence-corrected chi connectivity index (χ2v) is 14.2.